The van der Waals surface area contributed by atoms with E-state index in [1.165, 1.54) is 6.07 Å². The van der Waals surface area contributed by atoms with Crippen molar-refractivity contribution in [2.75, 3.05) is 19.0 Å². The van der Waals surface area contributed by atoms with Crippen molar-refractivity contribution in [1.29, 1.82) is 0 Å². The Bertz CT molecular complexity index is 582. The Hall–Kier alpha value is -2.43. The molecule has 18 heavy (non-hydrogen) atoms. The van der Waals surface area contributed by atoms with Crippen molar-refractivity contribution >= 4 is 11.4 Å². The van der Waals surface area contributed by atoms with E-state index < -0.39 is 0 Å². The first kappa shape index (κ1) is 12.0. The molecule has 0 radical (unpaired) electrons. The van der Waals surface area contributed by atoms with Crippen molar-refractivity contribution in [2.45, 2.75) is 0 Å². The van der Waals surface area contributed by atoms with Crippen molar-refractivity contribution in [2.24, 2.45) is 0 Å². The Morgan fingerprint density at radius 3 is 2.61 bits per heavy atom. The molecule has 0 aliphatic heterocycles. The minimum absolute atomic E-state index is 0.0703. The summed E-state index contributed by atoms with van der Waals surface area (Å²) in [6.45, 7) is 0. The second-order valence-corrected chi connectivity index (χ2v) is 4.07. The summed E-state index contributed by atoms with van der Waals surface area (Å²) in [5.74, 6) is 0. The van der Waals surface area contributed by atoms with E-state index >= 15 is 0 Å². The summed E-state index contributed by atoms with van der Waals surface area (Å²) in [4.78, 5) is 16.7. The molecule has 92 valence electrons. The first-order chi connectivity index (χ1) is 8.59. The van der Waals surface area contributed by atoms with Gasteiger partial charge in [-0.25, -0.2) is 0 Å². The van der Waals surface area contributed by atoms with E-state index in [2.05, 4.69) is 4.98 Å². The molecule has 5 nitrogen and oxygen atoms in total. The minimum atomic E-state index is -0.390. The van der Waals surface area contributed by atoms with Crippen LogP contribution in [0.25, 0.3) is 11.3 Å². The lowest BCUT2D eigenvalue weighted by Gasteiger charge is -2.13. The number of rotatable bonds is 3. The lowest BCUT2D eigenvalue weighted by atomic mass is 10.1. The summed E-state index contributed by atoms with van der Waals surface area (Å²) < 4.78 is 0. The van der Waals surface area contributed by atoms with Crippen molar-refractivity contribution in [3.05, 3.63) is 52.7 Å². The fourth-order valence-electron chi connectivity index (χ4n) is 1.69. The molecule has 0 bridgehead atoms. The van der Waals surface area contributed by atoms with Gasteiger partial charge in [-0.15, -0.1) is 0 Å². The maximum Gasteiger partial charge on any atom is 0.278 e. The summed E-state index contributed by atoms with van der Waals surface area (Å²) >= 11 is 0. The standard InChI is InChI=1S/C13H13N3O2/c1-15(2)10-7-8-14-12(9-10)11-5-3-4-6-13(11)16(17)18/h3-9H,1-2H3. The SMILES string of the molecule is CN(C)c1ccnc(-c2ccccc2[N+](=O)[O-])c1. The number of nitro benzene ring substituents is 1. The van der Waals surface area contributed by atoms with Crippen LogP contribution in [0.3, 0.4) is 0 Å². The van der Waals surface area contributed by atoms with Crippen LogP contribution in [0.2, 0.25) is 0 Å². The number of nitrogens with zero attached hydrogens (tertiary/aromatic N) is 3. The number of aromatic nitrogens is 1. The maximum absolute atomic E-state index is 11.0. The lowest BCUT2D eigenvalue weighted by molar-refractivity contribution is -0.384. The Kier molecular flexibility index (Phi) is 3.23. The monoisotopic (exact) mass is 243 g/mol. The van der Waals surface area contributed by atoms with Crippen LogP contribution < -0.4 is 4.90 Å². The van der Waals surface area contributed by atoms with Crippen molar-refractivity contribution in [3.63, 3.8) is 0 Å². The van der Waals surface area contributed by atoms with Crippen LogP contribution in [0.5, 0.6) is 0 Å². The van der Waals surface area contributed by atoms with Gasteiger partial charge in [-0.1, -0.05) is 12.1 Å². The molecule has 1 aromatic carbocycles. The van der Waals surface area contributed by atoms with Crippen molar-refractivity contribution in [3.8, 4) is 11.3 Å². The van der Waals surface area contributed by atoms with Gasteiger partial charge < -0.3 is 4.90 Å². The van der Waals surface area contributed by atoms with Crippen molar-refractivity contribution in [1.82, 2.24) is 4.98 Å². The number of para-hydroxylation sites is 1. The molecule has 1 heterocycles. The maximum atomic E-state index is 11.0. The zero-order valence-corrected chi connectivity index (χ0v) is 10.2. The summed E-state index contributed by atoms with van der Waals surface area (Å²) in [5, 5.41) is 11.0. The van der Waals surface area contributed by atoms with Gasteiger partial charge in [-0.05, 0) is 18.2 Å². The third-order valence-corrected chi connectivity index (χ3v) is 2.64. The average molecular weight is 243 g/mol. The quantitative estimate of drug-likeness (QED) is 0.614. The molecule has 0 amide bonds. The van der Waals surface area contributed by atoms with Gasteiger partial charge in [0.1, 0.15) is 0 Å². The zero-order chi connectivity index (χ0) is 13.1. The molecule has 5 heteroatoms. The number of pyridine rings is 1. The molecule has 0 fully saturated rings. The molecule has 2 rings (SSSR count). The molecule has 0 saturated heterocycles. The number of nitro groups is 1. The topological polar surface area (TPSA) is 59.3 Å². The van der Waals surface area contributed by atoms with Gasteiger partial charge in [0.05, 0.1) is 16.2 Å². The smallest absolute Gasteiger partial charge is 0.278 e. The lowest BCUT2D eigenvalue weighted by Crippen LogP contribution is -2.08. The van der Waals surface area contributed by atoms with Gasteiger partial charge in [0.2, 0.25) is 0 Å². The van der Waals surface area contributed by atoms with Crippen LogP contribution >= 0.6 is 0 Å². The van der Waals surface area contributed by atoms with E-state index in [1.54, 1.807) is 24.4 Å². The van der Waals surface area contributed by atoms with E-state index in [0.29, 0.717) is 11.3 Å². The third kappa shape index (κ3) is 2.29. The summed E-state index contributed by atoms with van der Waals surface area (Å²) in [7, 11) is 3.83. The summed E-state index contributed by atoms with van der Waals surface area (Å²) in [5.41, 5.74) is 2.17. The predicted octanol–water partition coefficient (Wildman–Crippen LogP) is 2.72. The molecule has 0 aliphatic carbocycles. The minimum Gasteiger partial charge on any atom is -0.378 e. The van der Waals surface area contributed by atoms with Gasteiger partial charge in [-0.2, -0.15) is 0 Å². The molecule has 0 atom stereocenters. The van der Waals surface area contributed by atoms with E-state index in [9.17, 15) is 10.1 Å². The molecule has 0 aliphatic rings. The first-order valence-electron chi connectivity index (χ1n) is 5.47. The summed E-state index contributed by atoms with van der Waals surface area (Å²) in [6.07, 6.45) is 1.65. The molecule has 0 unspecified atom stereocenters. The van der Waals surface area contributed by atoms with Gasteiger partial charge in [0, 0.05) is 32.0 Å². The Labute approximate surface area is 105 Å². The van der Waals surface area contributed by atoms with E-state index in [0.717, 1.165) is 5.69 Å². The van der Waals surface area contributed by atoms with E-state index in [4.69, 9.17) is 0 Å². The molecule has 2 aromatic rings. The Morgan fingerprint density at radius 2 is 1.94 bits per heavy atom. The largest absolute Gasteiger partial charge is 0.378 e. The van der Waals surface area contributed by atoms with E-state index in [-0.39, 0.29) is 10.6 Å². The van der Waals surface area contributed by atoms with Crippen LogP contribution in [0.1, 0.15) is 0 Å². The predicted molar refractivity (Wildman–Crippen MR) is 70.7 cm³/mol. The number of anilines is 1. The second kappa shape index (κ2) is 4.83. The van der Waals surface area contributed by atoms with Crippen LogP contribution in [0.15, 0.2) is 42.6 Å². The molecule has 0 saturated carbocycles. The number of hydrogen-bond acceptors (Lipinski definition) is 4. The van der Waals surface area contributed by atoms with Crippen LogP contribution in [0.4, 0.5) is 11.4 Å². The second-order valence-electron chi connectivity index (χ2n) is 4.07. The fraction of sp³-hybridized carbons (Fsp3) is 0.154. The van der Waals surface area contributed by atoms with Gasteiger partial charge in [-0.3, -0.25) is 15.1 Å². The fourth-order valence-corrected chi connectivity index (χ4v) is 1.69. The highest BCUT2D eigenvalue weighted by molar-refractivity contribution is 5.72. The first-order valence-corrected chi connectivity index (χ1v) is 5.47. The van der Waals surface area contributed by atoms with Gasteiger partial charge in [0.15, 0.2) is 0 Å². The molecule has 1 aromatic heterocycles. The molecular weight excluding hydrogens is 230 g/mol. The van der Waals surface area contributed by atoms with Crippen LogP contribution in [-0.4, -0.2) is 24.0 Å². The highest BCUT2D eigenvalue weighted by atomic mass is 16.6. The molecule has 0 N–H and O–H groups in total. The Morgan fingerprint density at radius 1 is 1.22 bits per heavy atom. The van der Waals surface area contributed by atoms with Gasteiger partial charge in [0.25, 0.3) is 5.69 Å². The highest BCUT2D eigenvalue weighted by Gasteiger charge is 2.15. The number of hydrogen-bond donors (Lipinski definition) is 0. The van der Waals surface area contributed by atoms with E-state index in [1.807, 2.05) is 31.1 Å². The average Bonchev–Trinajstić information content (AvgIpc) is 2.39. The summed E-state index contributed by atoms with van der Waals surface area (Å²) in [6, 6.07) is 10.3. The number of benzene rings is 1. The van der Waals surface area contributed by atoms with Gasteiger partial charge >= 0.3 is 0 Å². The normalized spacial score (nSPS) is 10.1. The van der Waals surface area contributed by atoms with Crippen LogP contribution in [-0.2, 0) is 0 Å². The Balaban J connectivity index is 2.55. The zero-order valence-electron chi connectivity index (χ0n) is 10.2. The molecule has 0 spiro atoms. The molecular formula is C13H13N3O2. The third-order valence-electron chi connectivity index (χ3n) is 2.64. The van der Waals surface area contributed by atoms with Crippen molar-refractivity contribution < 1.29 is 4.92 Å². The van der Waals surface area contributed by atoms with Crippen LogP contribution in [0, 0.1) is 10.1 Å². The highest BCUT2D eigenvalue weighted by Crippen LogP contribution is 2.29.